The monoisotopic (exact) mass is 551 g/mol. The van der Waals surface area contributed by atoms with E-state index >= 15 is 0 Å². The molecule has 5 rings (SSSR count). The van der Waals surface area contributed by atoms with Crippen LogP contribution in [0.25, 0.3) is 16.8 Å². The maximum Gasteiger partial charge on any atom is 0.311 e. The summed E-state index contributed by atoms with van der Waals surface area (Å²) < 4.78 is 3.91. The van der Waals surface area contributed by atoms with Gasteiger partial charge in [0.1, 0.15) is 5.82 Å². The van der Waals surface area contributed by atoms with Gasteiger partial charge in [0.15, 0.2) is 0 Å². The Morgan fingerprint density at radius 1 is 1.02 bits per heavy atom. The minimum absolute atomic E-state index is 0.132. The van der Waals surface area contributed by atoms with Crippen LogP contribution >= 0.6 is 0 Å². The van der Waals surface area contributed by atoms with Gasteiger partial charge in [-0.1, -0.05) is 18.2 Å². The molecule has 4 heterocycles. The number of hydrogen-bond donors (Lipinski definition) is 3. The molecule has 41 heavy (non-hydrogen) atoms. The summed E-state index contributed by atoms with van der Waals surface area (Å²) in [7, 11) is 0. The van der Waals surface area contributed by atoms with E-state index in [9.17, 15) is 14.9 Å². The number of nitrogens with two attached hydrogens (primary N) is 1. The van der Waals surface area contributed by atoms with Gasteiger partial charge >= 0.3 is 5.69 Å². The molecule has 0 fully saturated rings. The van der Waals surface area contributed by atoms with Crippen molar-refractivity contribution in [3.8, 4) is 16.8 Å². The molecule has 0 saturated heterocycles. The largest absolute Gasteiger partial charge is 0.378 e. The van der Waals surface area contributed by atoms with Crippen LogP contribution in [0.3, 0.4) is 0 Å². The minimum atomic E-state index is -0.562. The Hall–Kier alpha value is -5.52. The van der Waals surface area contributed by atoms with Crippen LogP contribution in [0.2, 0.25) is 0 Å². The molecule has 0 saturated carbocycles. The van der Waals surface area contributed by atoms with Crippen LogP contribution in [0.4, 0.5) is 17.3 Å². The number of nitro groups is 1. The molecule has 1 amide bonds. The second-order valence-electron chi connectivity index (χ2n) is 9.31. The number of amides is 1. The fourth-order valence-electron chi connectivity index (χ4n) is 4.42. The zero-order chi connectivity index (χ0) is 28.6. The Morgan fingerprint density at radius 2 is 1.88 bits per heavy atom. The van der Waals surface area contributed by atoms with Gasteiger partial charge in [0.05, 0.1) is 16.8 Å². The van der Waals surface area contributed by atoms with E-state index in [1.54, 1.807) is 18.7 Å². The molecule has 0 spiro atoms. The summed E-state index contributed by atoms with van der Waals surface area (Å²) in [6, 6.07) is 16.6. The Kier molecular flexibility index (Phi) is 8.29. The summed E-state index contributed by atoms with van der Waals surface area (Å²) >= 11 is 0. The normalized spacial score (nSPS) is 10.8. The lowest BCUT2D eigenvalue weighted by molar-refractivity contribution is -0.384. The quantitative estimate of drug-likeness (QED) is 0.119. The smallest absolute Gasteiger partial charge is 0.311 e. The van der Waals surface area contributed by atoms with Gasteiger partial charge in [-0.05, 0) is 42.3 Å². The number of aromatic nitrogens is 5. The lowest BCUT2D eigenvalue weighted by Gasteiger charge is -2.08. The molecule has 1 aromatic carbocycles. The predicted octanol–water partition coefficient (Wildman–Crippen LogP) is 4.10. The van der Waals surface area contributed by atoms with Crippen molar-refractivity contribution < 1.29 is 9.72 Å². The van der Waals surface area contributed by atoms with E-state index < -0.39 is 4.92 Å². The summed E-state index contributed by atoms with van der Waals surface area (Å²) in [5.41, 5.74) is 9.68. The van der Waals surface area contributed by atoms with Gasteiger partial charge < -0.3 is 25.5 Å². The SMILES string of the molecule is Nc1nc(NCCCn2cc(C(=O)NCCc3ccccn3)c(-c3ccc(-n4ccnc4)cc3)c2)ccc1[N+](=O)[O-]. The fraction of sp³-hybridized carbons (Fsp3) is 0.172. The highest BCUT2D eigenvalue weighted by Gasteiger charge is 2.17. The summed E-state index contributed by atoms with van der Waals surface area (Å²) in [6.07, 6.45) is 12.3. The molecule has 4 aromatic heterocycles. The summed E-state index contributed by atoms with van der Waals surface area (Å²) in [5, 5.41) is 17.1. The third kappa shape index (κ3) is 6.74. The van der Waals surface area contributed by atoms with Crippen molar-refractivity contribution in [1.29, 1.82) is 0 Å². The average Bonchev–Trinajstić information content (AvgIpc) is 3.67. The molecule has 12 nitrogen and oxygen atoms in total. The second kappa shape index (κ2) is 12.6. The van der Waals surface area contributed by atoms with Crippen LogP contribution in [0, 0.1) is 10.1 Å². The third-order valence-electron chi connectivity index (χ3n) is 6.50. The van der Waals surface area contributed by atoms with E-state index in [2.05, 4.69) is 25.6 Å². The molecule has 0 aliphatic rings. The van der Waals surface area contributed by atoms with Gasteiger partial charge in [-0.3, -0.25) is 19.9 Å². The van der Waals surface area contributed by atoms with Crippen LogP contribution in [0.5, 0.6) is 0 Å². The number of hydrogen-bond acceptors (Lipinski definition) is 8. The number of anilines is 2. The van der Waals surface area contributed by atoms with Crippen molar-refractivity contribution in [3.63, 3.8) is 0 Å². The minimum Gasteiger partial charge on any atom is -0.378 e. The third-order valence-corrected chi connectivity index (χ3v) is 6.50. The van der Waals surface area contributed by atoms with Crippen LogP contribution in [0.15, 0.2) is 91.9 Å². The van der Waals surface area contributed by atoms with Gasteiger partial charge in [-0.15, -0.1) is 0 Å². The molecule has 0 bridgehead atoms. The number of rotatable bonds is 12. The molecule has 0 aliphatic carbocycles. The number of aryl methyl sites for hydroxylation is 1. The van der Waals surface area contributed by atoms with Gasteiger partial charge in [-0.25, -0.2) is 9.97 Å². The maximum absolute atomic E-state index is 13.3. The lowest BCUT2D eigenvalue weighted by Crippen LogP contribution is -2.26. The Balaban J connectivity index is 1.27. The molecule has 208 valence electrons. The number of benzene rings is 1. The van der Waals surface area contributed by atoms with Crippen LogP contribution in [-0.2, 0) is 13.0 Å². The number of imidazole rings is 1. The standard InChI is InChI=1S/C29H29N9O3/c30-28-26(38(40)41)9-10-27(35-28)33-13-3-16-36-18-24(21-5-7-23(8-6-21)37-17-15-31-20-37)25(19-36)29(39)34-14-11-22-4-1-2-12-32-22/h1-2,4-10,12,15,17-20H,3,11,13-14,16H2,(H,34,39)(H3,30,33,35). The lowest BCUT2D eigenvalue weighted by atomic mass is 10.0. The van der Waals surface area contributed by atoms with Gasteiger partial charge in [0.2, 0.25) is 5.82 Å². The molecule has 12 heteroatoms. The number of carbonyl (C=O) groups is 1. The Labute approximate surface area is 236 Å². The molecule has 5 aromatic rings. The fourth-order valence-corrected chi connectivity index (χ4v) is 4.42. The molecular weight excluding hydrogens is 522 g/mol. The number of pyridine rings is 2. The zero-order valence-corrected chi connectivity index (χ0v) is 22.2. The molecule has 0 aliphatic heterocycles. The van der Waals surface area contributed by atoms with E-state index in [0.29, 0.717) is 43.9 Å². The van der Waals surface area contributed by atoms with Crippen molar-refractivity contribution in [2.45, 2.75) is 19.4 Å². The average molecular weight is 552 g/mol. The first-order chi connectivity index (χ1) is 20.0. The van der Waals surface area contributed by atoms with Gasteiger partial charge in [0, 0.05) is 80.1 Å². The van der Waals surface area contributed by atoms with Gasteiger partial charge in [0.25, 0.3) is 5.91 Å². The number of nitrogen functional groups attached to an aromatic ring is 1. The predicted molar refractivity (Wildman–Crippen MR) is 156 cm³/mol. The topological polar surface area (TPSA) is 159 Å². The Bertz CT molecular complexity index is 1620. The summed E-state index contributed by atoms with van der Waals surface area (Å²) in [5.74, 6) is 0.178. The highest BCUT2D eigenvalue weighted by Crippen LogP contribution is 2.27. The van der Waals surface area contributed by atoms with E-state index in [-0.39, 0.29) is 17.4 Å². The first-order valence-corrected chi connectivity index (χ1v) is 13.1. The van der Waals surface area contributed by atoms with Crippen LogP contribution in [0.1, 0.15) is 22.5 Å². The van der Waals surface area contributed by atoms with E-state index in [1.807, 2.05) is 70.2 Å². The van der Waals surface area contributed by atoms with Crippen LogP contribution < -0.4 is 16.4 Å². The van der Waals surface area contributed by atoms with Crippen molar-refractivity contribution in [1.82, 2.24) is 29.4 Å². The molecule has 0 atom stereocenters. The number of nitrogens with one attached hydrogen (secondary N) is 2. The summed E-state index contributed by atoms with van der Waals surface area (Å²) in [6.45, 7) is 1.66. The first-order valence-electron chi connectivity index (χ1n) is 13.1. The van der Waals surface area contributed by atoms with Crippen LogP contribution in [-0.4, -0.2) is 48.0 Å². The number of nitrogens with zero attached hydrogens (tertiary/aromatic N) is 6. The zero-order valence-electron chi connectivity index (χ0n) is 22.2. The highest BCUT2D eigenvalue weighted by molar-refractivity contribution is 6.00. The maximum atomic E-state index is 13.3. The second-order valence-corrected chi connectivity index (χ2v) is 9.31. The van der Waals surface area contributed by atoms with Crippen molar-refractivity contribution >= 4 is 23.2 Å². The molecule has 0 unspecified atom stereocenters. The van der Waals surface area contributed by atoms with Crippen molar-refractivity contribution in [2.75, 3.05) is 24.1 Å². The van der Waals surface area contributed by atoms with E-state index in [1.165, 1.54) is 12.1 Å². The Morgan fingerprint density at radius 3 is 2.59 bits per heavy atom. The van der Waals surface area contributed by atoms with Crippen molar-refractivity contribution in [2.24, 2.45) is 0 Å². The molecular formula is C29H29N9O3. The van der Waals surface area contributed by atoms with E-state index in [4.69, 9.17) is 5.73 Å². The van der Waals surface area contributed by atoms with Crippen molar-refractivity contribution in [3.05, 3.63) is 113 Å². The van der Waals surface area contributed by atoms with Gasteiger partial charge in [-0.2, -0.15) is 0 Å². The highest BCUT2D eigenvalue weighted by atomic mass is 16.6. The first kappa shape index (κ1) is 27.1. The molecule has 0 radical (unpaired) electrons. The molecule has 4 N–H and O–H groups in total. The summed E-state index contributed by atoms with van der Waals surface area (Å²) in [4.78, 5) is 36.1. The van der Waals surface area contributed by atoms with E-state index in [0.717, 1.165) is 22.5 Å². The number of carbonyl (C=O) groups excluding carboxylic acids is 1.